The summed E-state index contributed by atoms with van der Waals surface area (Å²) in [6, 6.07) is -0.402. The summed E-state index contributed by atoms with van der Waals surface area (Å²) in [5, 5.41) is 29.6. The fourth-order valence-corrected chi connectivity index (χ4v) is 2.50. The van der Waals surface area contributed by atoms with Crippen molar-refractivity contribution < 1.29 is 24.9 Å². The van der Waals surface area contributed by atoms with E-state index in [0.717, 1.165) is 11.5 Å². The molecule has 6 nitrogen and oxygen atoms in total. The average molecular weight is 219 g/mol. The van der Waals surface area contributed by atoms with Crippen molar-refractivity contribution in [2.45, 2.75) is 31.0 Å². The molecule has 2 rings (SSSR count). The monoisotopic (exact) mass is 219 g/mol. The van der Waals surface area contributed by atoms with E-state index >= 15 is 0 Å². The molecular formula is C9H17NO5. The van der Waals surface area contributed by atoms with E-state index in [2.05, 4.69) is 0 Å². The van der Waals surface area contributed by atoms with Gasteiger partial charge in [-0.05, 0) is 6.42 Å². The van der Waals surface area contributed by atoms with Crippen molar-refractivity contribution in [2.24, 2.45) is 5.92 Å². The first-order valence-electron chi connectivity index (χ1n) is 5.11. The molecule has 0 radical (unpaired) electrons. The van der Waals surface area contributed by atoms with Gasteiger partial charge in [-0.1, -0.05) is 0 Å². The maximum atomic E-state index is 9.88. The molecule has 0 aromatic carbocycles. The predicted molar refractivity (Wildman–Crippen MR) is 49.2 cm³/mol. The molecule has 0 saturated carbocycles. The quantitative estimate of drug-likeness (QED) is 0.540. The van der Waals surface area contributed by atoms with Gasteiger partial charge in [-0.2, -0.15) is 5.06 Å². The molecule has 0 aromatic heterocycles. The third kappa shape index (κ3) is 1.77. The van der Waals surface area contributed by atoms with Crippen molar-refractivity contribution in [3.63, 3.8) is 0 Å². The molecule has 2 heterocycles. The molecule has 2 aliphatic rings. The molecule has 15 heavy (non-hydrogen) atoms. The third-order valence-electron chi connectivity index (χ3n) is 3.28. The number of aliphatic hydroxyl groups excluding tert-OH is 2. The van der Waals surface area contributed by atoms with Crippen molar-refractivity contribution in [1.29, 1.82) is 0 Å². The van der Waals surface area contributed by atoms with Crippen LogP contribution in [-0.2, 0) is 9.47 Å². The number of ether oxygens (including phenoxy) is 2. The molecule has 6 heteroatoms. The summed E-state index contributed by atoms with van der Waals surface area (Å²) >= 11 is 0. The maximum absolute atomic E-state index is 9.88. The smallest absolute Gasteiger partial charge is 0.162 e. The molecule has 0 bridgehead atoms. The molecule has 2 aliphatic heterocycles. The number of aliphatic hydroxyl groups is 2. The van der Waals surface area contributed by atoms with Crippen LogP contribution in [0.5, 0.6) is 0 Å². The Hall–Kier alpha value is -0.240. The second-order valence-electron chi connectivity index (χ2n) is 4.06. The first kappa shape index (κ1) is 11.3. The third-order valence-corrected chi connectivity index (χ3v) is 3.28. The van der Waals surface area contributed by atoms with Gasteiger partial charge in [0.15, 0.2) is 6.29 Å². The largest absolute Gasteiger partial charge is 0.394 e. The Bertz CT molecular complexity index is 227. The van der Waals surface area contributed by atoms with Crippen LogP contribution in [0.4, 0.5) is 0 Å². The Morgan fingerprint density at radius 1 is 1.53 bits per heavy atom. The molecular weight excluding hydrogens is 202 g/mol. The van der Waals surface area contributed by atoms with Crippen LogP contribution in [0, 0.1) is 5.92 Å². The van der Waals surface area contributed by atoms with Crippen LogP contribution in [0.25, 0.3) is 0 Å². The Labute approximate surface area is 88.0 Å². The molecule has 3 N–H and O–H groups in total. The standard InChI is InChI=1S/C9H17NO5/c1-14-9-5-2-3-10(13)7(5)8(12)6(4-11)15-9/h5-9,11-13H,2-4H2,1H3/t5-,6-,7+,8-,9+/m1/s1. The topological polar surface area (TPSA) is 82.4 Å². The Morgan fingerprint density at radius 3 is 2.87 bits per heavy atom. The summed E-state index contributed by atoms with van der Waals surface area (Å²) in [6.07, 6.45) is -1.31. The van der Waals surface area contributed by atoms with Crippen LogP contribution < -0.4 is 0 Å². The molecule has 5 atom stereocenters. The SMILES string of the molecule is CO[C@H]1O[C@H](CO)[C@@H](O)[C@@H]2[C@H]1CCN2O. The molecule has 2 saturated heterocycles. The highest BCUT2D eigenvalue weighted by Gasteiger charge is 2.50. The average Bonchev–Trinajstić information content (AvgIpc) is 2.62. The summed E-state index contributed by atoms with van der Waals surface area (Å²) in [7, 11) is 1.52. The van der Waals surface area contributed by atoms with E-state index in [1.807, 2.05) is 0 Å². The van der Waals surface area contributed by atoms with E-state index in [1.165, 1.54) is 7.11 Å². The lowest BCUT2D eigenvalue weighted by Crippen LogP contribution is -2.57. The lowest BCUT2D eigenvalue weighted by Gasteiger charge is -2.41. The molecule has 0 amide bonds. The zero-order valence-electron chi connectivity index (χ0n) is 8.61. The number of hydrogen-bond donors (Lipinski definition) is 3. The van der Waals surface area contributed by atoms with E-state index in [9.17, 15) is 10.3 Å². The summed E-state index contributed by atoms with van der Waals surface area (Å²) < 4.78 is 10.6. The molecule has 0 spiro atoms. The van der Waals surface area contributed by atoms with Gasteiger partial charge in [0, 0.05) is 19.6 Å². The maximum Gasteiger partial charge on any atom is 0.162 e. The van der Waals surface area contributed by atoms with Gasteiger partial charge in [0.05, 0.1) is 12.6 Å². The highest BCUT2D eigenvalue weighted by molar-refractivity contribution is 4.96. The van der Waals surface area contributed by atoms with Crippen LogP contribution >= 0.6 is 0 Å². The minimum atomic E-state index is -0.876. The minimum Gasteiger partial charge on any atom is -0.394 e. The van der Waals surface area contributed by atoms with Gasteiger partial charge in [0.25, 0.3) is 0 Å². The second-order valence-corrected chi connectivity index (χ2v) is 4.06. The van der Waals surface area contributed by atoms with Crippen LogP contribution in [0.1, 0.15) is 6.42 Å². The van der Waals surface area contributed by atoms with E-state index in [1.54, 1.807) is 0 Å². The predicted octanol–water partition coefficient (Wildman–Crippen LogP) is -1.21. The fraction of sp³-hybridized carbons (Fsp3) is 1.00. The van der Waals surface area contributed by atoms with Gasteiger partial charge in [0.1, 0.15) is 12.2 Å². The Kier molecular flexibility index (Phi) is 3.24. The first-order chi connectivity index (χ1) is 7.19. The molecule has 2 fully saturated rings. The van der Waals surface area contributed by atoms with E-state index in [0.29, 0.717) is 6.54 Å². The molecule has 88 valence electrons. The van der Waals surface area contributed by atoms with E-state index < -0.39 is 24.5 Å². The second kappa shape index (κ2) is 4.32. The van der Waals surface area contributed by atoms with Crippen molar-refractivity contribution in [3.8, 4) is 0 Å². The van der Waals surface area contributed by atoms with Crippen molar-refractivity contribution >= 4 is 0 Å². The molecule has 0 unspecified atom stereocenters. The number of hydrogen-bond acceptors (Lipinski definition) is 6. The number of hydroxylamine groups is 2. The van der Waals surface area contributed by atoms with Gasteiger partial charge < -0.3 is 24.9 Å². The van der Waals surface area contributed by atoms with Gasteiger partial charge in [-0.15, -0.1) is 0 Å². The molecule has 0 aliphatic carbocycles. The van der Waals surface area contributed by atoms with E-state index in [-0.39, 0.29) is 12.5 Å². The van der Waals surface area contributed by atoms with Crippen LogP contribution in [0.15, 0.2) is 0 Å². The zero-order valence-corrected chi connectivity index (χ0v) is 8.61. The number of methoxy groups -OCH3 is 1. The zero-order chi connectivity index (χ0) is 11.0. The number of fused-ring (bicyclic) bond motifs is 1. The van der Waals surface area contributed by atoms with Gasteiger partial charge in [-0.3, -0.25) is 0 Å². The van der Waals surface area contributed by atoms with Gasteiger partial charge >= 0.3 is 0 Å². The number of rotatable bonds is 2. The normalized spacial score (nSPS) is 46.8. The number of nitrogens with zero attached hydrogens (tertiary/aromatic N) is 1. The van der Waals surface area contributed by atoms with Gasteiger partial charge in [0.2, 0.25) is 0 Å². The summed E-state index contributed by atoms with van der Waals surface area (Å²) in [6.45, 7) is 0.214. The molecule has 0 aromatic rings. The summed E-state index contributed by atoms with van der Waals surface area (Å²) in [5.41, 5.74) is 0. The lowest BCUT2D eigenvalue weighted by molar-refractivity contribution is -0.277. The van der Waals surface area contributed by atoms with Crippen molar-refractivity contribution in [3.05, 3.63) is 0 Å². The summed E-state index contributed by atoms with van der Waals surface area (Å²) in [5.74, 6) is -0.0437. The highest BCUT2D eigenvalue weighted by Crippen LogP contribution is 2.36. The van der Waals surface area contributed by atoms with E-state index in [4.69, 9.17) is 14.6 Å². The van der Waals surface area contributed by atoms with Crippen LogP contribution in [0.2, 0.25) is 0 Å². The van der Waals surface area contributed by atoms with Crippen LogP contribution in [-0.4, -0.2) is 65.3 Å². The van der Waals surface area contributed by atoms with Crippen molar-refractivity contribution in [1.82, 2.24) is 5.06 Å². The minimum absolute atomic E-state index is 0.0437. The van der Waals surface area contributed by atoms with Gasteiger partial charge in [-0.25, -0.2) is 0 Å². The lowest BCUT2D eigenvalue weighted by atomic mass is 9.89. The summed E-state index contributed by atoms with van der Waals surface area (Å²) in [4.78, 5) is 0. The Balaban J connectivity index is 2.16. The highest BCUT2D eigenvalue weighted by atomic mass is 16.7. The Morgan fingerprint density at radius 2 is 2.27 bits per heavy atom. The van der Waals surface area contributed by atoms with Crippen LogP contribution in [0.3, 0.4) is 0 Å². The first-order valence-corrected chi connectivity index (χ1v) is 5.11. The fourth-order valence-electron chi connectivity index (χ4n) is 2.50. The van der Waals surface area contributed by atoms with Crippen molar-refractivity contribution in [2.75, 3.05) is 20.3 Å².